The molecule has 0 bridgehead atoms. The first-order valence-electron chi connectivity index (χ1n) is 5.43. The van der Waals surface area contributed by atoms with Gasteiger partial charge in [0.05, 0.1) is 5.69 Å². The van der Waals surface area contributed by atoms with E-state index in [2.05, 4.69) is 10.3 Å². The molecule has 0 aliphatic heterocycles. The number of aromatic nitrogens is 3. The Morgan fingerprint density at radius 3 is 2.88 bits per heavy atom. The molecule has 0 fully saturated rings. The third-order valence-electron chi connectivity index (χ3n) is 2.72. The van der Waals surface area contributed by atoms with E-state index < -0.39 is 0 Å². The fraction of sp³-hybridized carbons (Fsp3) is 0.333. The van der Waals surface area contributed by atoms with Crippen LogP contribution in [0.25, 0.3) is 0 Å². The van der Waals surface area contributed by atoms with Crippen molar-refractivity contribution in [1.82, 2.24) is 15.0 Å². The van der Waals surface area contributed by atoms with Gasteiger partial charge >= 0.3 is 0 Å². The SMILES string of the molecule is Cc1ccc(F)cc1C(N)Cc1cn(C)nn1. The van der Waals surface area contributed by atoms with Crippen LogP contribution in [0.15, 0.2) is 24.4 Å². The van der Waals surface area contributed by atoms with Gasteiger partial charge in [0.25, 0.3) is 0 Å². The molecular weight excluding hydrogens is 219 g/mol. The van der Waals surface area contributed by atoms with Crippen molar-refractivity contribution >= 4 is 0 Å². The van der Waals surface area contributed by atoms with Crippen molar-refractivity contribution in [2.45, 2.75) is 19.4 Å². The first-order chi connectivity index (χ1) is 8.06. The van der Waals surface area contributed by atoms with E-state index >= 15 is 0 Å². The largest absolute Gasteiger partial charge is 0.324 e. The smallest absolute Gasteiger partial charge is 0.123 e. The zero-order valence-corrected chi connectivity index (χ0v) is 9.89. The fourth-order valence-corrected chi connectivity index (χ4v) is 1.83. The quantitative estimate of drug-likeness (QED) is 0.875. The van der Waals surface area contributed by atoms with Crippen LogP contribution in [0.2, 0.25) is 0 Å². The molecule has 2 aromatic rings. The maximum atomic E-state index is 13.2. The molecule has 2 rings (SSSR count). The molecular formula is C12H15FN4. The number of nitrogens with two attached hydrogens (primary N) is 1. The summed E-state index contributed by atoms with van der Waals surface area (Å²) in [5.74, 6) is -0.264. The van der Waals surface area contributed by atoms with E-state index in [9.17, 15) is 4.39 Å². The molecule has 1 atom stereocenters. The van der Waals surface area contributed by atoms with Crippen LogP contribution in [-0.4, -0.2) is 15.0 Å². The second-order valence-electron chi connectivity index (χ2n) is 4.20. The summed E-state index contributed by atoms with van der Waals surface area (Å²) in [4.78, 5) is 0. The van der Waals surface area contributed by atoms with Gasteiger partial charge in [-0.05, 0) is 30.2 Å². The average molecular weight is 234 g/mol. The van der Waals surface area contributed by atoms with E-state index in [4.69, 9.17) is 5.73 Å². The molecule has 0 spiro atoms. The van der Waals surface area contributed by atoms with E-state index in [1.165, 1.54) is 12.1 Å². The van der Waals surface area contributed by atoms with E-state index in [-0.39, 0.29) is 11.9 Å². The molecule has 0 radical (unpaired) electrons. The third-order valence-corrected chi connectivity index (χ3v) is 2.72. The van der Waals surface area contributed by atoms with Gasteiger partial charge < -0.3 is 5.73 Å². The molecule has 5 heteroatoms. The summed E-state index contributed by atoms with van der Waals surface area (Å²) in [5.41, 5.74) is 8.68. The van der Waals surface area contributed by atoms with E-state index in [0.29, 0.717) is 6.42 Å². The summed E-state index contributed by atoms with van der Waals surface area (Å²) in [5, 5.41) is 7.81. The summed E-state index contributed by atoms with van der Waals surface area (Å²) in [7, 11) is 1.80. The number of hydrogen-bond donors (Lipinski definition) is 1. The van der Waals surface area contributed by atoms with Gasteiger partial charge in [0.2, 0.25) is 0 Å². The van der Waals surface area contributed by atoms with Crippen molar-refractivity contribution in [1.29, 1.82) is 0 Å². The zero-order chi connectivity index (χ0) is 12.4. The second kappa shape index (κ2) is 4.63. The molecule has 1 aromatic carbocycles. The normalized spacial score (nSPS) is 12.7. The standard InChI is InChI=1S/C12H15FN4/c1-8-3-4-9(13)5-11(8)12(14)6-10-7-17(2)16-15-10/h3-5,7,12H,6,14H2,1-2H3. The summed E-state index contributed by atoms with van der Waals surface area (Å²) < 4.78 is 14.8. The van der Waals surface area contributed by atoms with Gasteiger partial charge in [-0.1, -0.05) is 11.3 Å². The Balaban J connectivity index is 2.19. The number of aryl methyl sites for hydroxylation is 2. The van der Waals surface area contributed by atoms with Gasteiger partial charge in [0, 0.05) is 25.7 Å². The lowest BCUT2D eigenvalue weighted by Crippen LogP contribution is -2.15. The van der Waals surface area contributed by atoms with Gasteiger partial charge in [-0.3, -0.25) is 4.68 Å². The van der Waals surface area contributed by atoms with Crippen LogP contribution in [0.5, 0.6) is 0 Å². The molecule has 2 N–H and O–H groups in total. The molecule has 90 valence electrons. The predicted octanol–water partition coefficient (Wildman–Crippen LogP) is 1.51. The summed E-state index contributed by atoms with van der Waals surface area (Å²) in [6.45, 7) is 1.92. The van der Waals surface area contributed by atoms with E-state index in [1.807, 2.05) is 13.1 Å². The number of benzene rings is 1. The first kappa shape index (κ1) is 11.7. The second-order valence-corrected chi connectivity index (χ2v) is 4.20. The average Bonchev–Trinajstić information content (AvgIpc) is 2.67. The molecule has 0 saturated heterocycles. The molecule has 17 heavy (non-hydrogen) atoms. The van der Waals surface area contributed by atoms with Gasteiger partial charge in [-0.15, -0.1) is 5.10 Å². The first-order valence-corrected chi connectivity index (χ1v) is 5.43. The highest BCUT2D eigenvalue weighted by molar-refractivity contribution is 5.30. The summed E-state index contributed by atoms with van der Waals surface area (Å²) in [6, 6.07) is 4.40. The van der Waals surface area contributed by atoms with Crippen LogP contribution in [0.3, 0.4) is 0 Å². The summed E-state index contributed by atoms with van der Waals surface area (Å²) >= 11 is 0. The molecule has 0 aliphatic rings. The van der Waals surface area contributed by atoms with Crippen LogP contribution >= 0.6 is 0 Å². The highest BCUT2D eigenvalue weighted by Crippen LogP contribution is 2.19. The Hall–Kier alpha value is -1.75. The zero-order valence-electron chi connectivity index (χ0n) is 9.89. The topological polar surface area (TPSA) is 56.7 Å². The number of hydrogen-bond acceptors (Lipinski definition) is 3. The van der Waals surface area contributed by atoms with Gasteiger partial charge in [0.15, 0.2) is 0 Å². The maximum absolute atomic E-state index is 13.2. The van der Waals surface area contributed by atoms with Crippen LogP contribution in [0.1, 0.15) is 22.9 Å². The Morgan fingerprint density at radius 2 is 2.24 bits per heavy atom. The molecule has 0 amide bonds. The maximum Gasteiger partial charge on any atom is 0.123 e. The van der Waals surface area contributed by atoms with Crippen molar-refractivity contribution in [2.75, 3.05) is 0 Å². The van der Waals surface area contributed by atoms with E-state index in [1.54, 1.807) is 17.8 Å². The lowest BCUT2D eigenvalue weighted by atomic mass is 9.98. The molecule has 1 aromatic heterocycles. The Kier molecular flexibility index (Phi) is 3.19. The van der Waals surface area contributed by atoms with E-state index in [0.717, 1.165) is 16.8 Å². The Bertz CT molecular complexity index is 521. The molecule has 0 saturated carbocycles. The highest BCUT2D eigenvalue weighted by Gasteiger charge is 2.12. The minimum atomic E-state index is -0.264. The minimum Gasteiger partial charge on any atom is -0.324 e. The van der Waals surface area contributed by atoms with Crippen molar-refractivity contribution in [3.63, 3.8) is 0 Å². The highest BCUT2D eigenvalue weighted by atomic mass is 19.1. The van der Waals surface area contributed by atoms with Crippen LogP contribution < -0.4 is 5.73 Å². The van der Waals surface area contributed by atoms with Gasteiger partial charge in [-0.2, -0.15) is 0 Å². The lowest BCUT2D eigenvalue weighted by molar-refractivity contribution is 0.616. The van der Waals surface area contributed by atoms with Crippen LogP contribution in [0, 0.1) is 12.7 Å². The fourth-order valence-electron chi connectivity index (χ4n) is 1.83. The van der Waals surface area contributed by atoms with Crippen LogP contribution in [-0.2, 0) is 13.5 Å². The monoisotopic (exact) mass is 234 g/mol. The molecule has 0 aliphatic carbocycles. The Morgan fingerprint density at radius 1 is 1.47 bits per heavy atom. The number of rotatable bonds is 3. The molecule has 4 nitrogen and oxygen atoms in total. The number of halogens is 1. The van der Waals surface area contributed by atoms with Crippen LogP contribution in [0.4, 0.5) is 4.39 Å². The lowest BCUT2D eigenvalue weighted by Gasteiger charge is -2.13. The van der Waals surface area contributed by atoms with Crippen molar-refractivity contribution in [2.24, 2.45) is 12.8 Å². The molecule has 1 heterocycles. The Labute approximate surface area is 99.2 Å². The van der Waals surface area contributed by atoms with Gasteiger partial charge in [0.1, 0.15) is 5.82 Å². The van der Waals surface area contributed by atoms with Gasteiger partial charge in [-0.25, -0.2) is 4.39 Å². The number of nitrogens with zero attached hydrogens (tertiary/aromatic N) is 3. The van der Waals surface area contributed by atoms with Crippen molar-refractivity contribution in [3.05, 3.63) is 47.0 Å². The van der Waals surface area contributed by atoms with Crippen molar-refractivity contribution < 1.29 is 4.39 Å². The third kappa shape index (κ3) is 2.68. The predicted molar refractivity (Wildman–Crippen MR) is 62.8 cm³/mol. The van der Waals surface area contributed by atoms with Crippen molar-refractivity contribution in [3.8, 4) is 0 Å². The minimum absolute atomic E-state index is 0.262. The molecule has 1 unspecified atom stereocenters. The summed E-state index contributed by atoms with van der Waals surface area (Å²) in [6.07, 6.45) is 2.37.